The zero-order valence-electron chi connectivity index (χ0n) is 38.0. The molecular formula is C60H62. The third-order valence-electron chi connectivity index (χ3n) is 12.6. The van der Waals surface area contributed by atoms with Crippen molar-refractivity contribution < 1.29 is 0 Å². The summed E-state index contributed by atoms with van der Waals surface area (Å²) in [6.07, 6.45) is 0. The summed E-state index contributed by atoms with van der Waals surface area (Å²) in [5.74, 6) is 0. The topological polar surface area (TPSA) is 0 Å². The molecule has 0 saturated heterocycles. The Morgan fingerprint density at radius 1 is 0.217 bits per heavy atom. The molecule has 0 radical (unpaired) electrons. The minimum atomic E-state index is 0.0756. The normalized spacial score (nSPS) is 12.7. The molecule has 302 valence electrons. The van der Waals surface area contributed by atoms with Crippen LogP contribution in [0, 0.1) is 0 Å². The fourth-order valence-electron chi connectivity index (χ4n) is 8.69. The Bertz CT molecular complexity index is 2620. The van der Waals surface area contributed by atoms with Gasteiger partial charge in [-0.1, -0.05) is 217 Å². The molecule has 0 bridgehead atoms. The fraction of sp³-hybridized carbons (Fsp3) is 0.267. The van der Waals surface area contributed by atoms with Gasteiger partial charge in [0, 0.05) is 0 Å². The molecule has 0 aliphatic rings. The number of hydrogen-bond donors (Lipinski definition) is 0. The largest absolute Gasteiger partial charge is 0.0610 e. The number of hydrogen-bond acceptors (Lipinski definition) is 0. The molecule has 0 aromatic heterocycles. The maximum absolute atomic E-state index is 2.45. The molecule has 0 spiro atoms. The molecule has 8 aromatic carbocycles. The Hall–Kier alpha value is -5.72. The average Bonchev–Trinajstić information content (AvgIpc) is 3.21. The van der Waals surface area contributed by atoms with Gasteiger partial charge >= 0.3 is 0 Å². The van der Waals surface area contributed by atoms with E-state index in [-0.39, 0.29) is 21.7 Å². The second-order valence-corrected chi connectivity index (χ2v) is 21.2. The van der Waals surface area contributed by atoms with Crippen LogP contribution in [-0.4, -0.2) is 0 Å². The maximum Gasteiger partial charge on any atom is -0.00930 e. The fourth-order valence-corrected chi connectivity index (χ4v) is 8.69. The first-order chi connectivity index (χ1) is 28.3. The summed E-state index contributed by atoms with van der Waals surface area (Å²) in [4.78, 5) is 0. The molecule has 0 fully saturated rings. The van der Waals surface area contributed by atoms with Crippen LogP contribution in [0.25, 0.3) is 77.2 Å². The predicted octanol–water partition coefficient (Wildman–Crippen LogP) is 17.5. The second kappa shape index (κ2) is 15.1. The molecule has 0 aliphatic carbocycles. The smallest absolute Gasteiger partial charge is 0.00930 e. The summed E-state index contributed by atoms with van der Waals surface area (Å²) in [6, 6.07) is 60.5. The summed E-state index contributed by atoms with van der Waals surface area (Å²) < 4.78 is 0. The molecule has 8 aromatic rings. The average molecular weight is 783 g/mol. The summed E-state index contributed by atoms with van der Waals surface area (Å²) in [5, 5.41) is 5.04. The first kappa shape index (κ1) is 41.0. The number of fused-ring (bicyclic) bond motifs is 2. The van der Waals surface area contributed by atoms with Gasteiger partial charge in [0.1, 0.15) is 0 Å². The van der Waals surface area contributed by atoms with Gasteiger partial charge in [0.25, 0.3) is 0 Å². The van der Waals surface area contributed by atoms with Crippen molar-refractivity contribution in [2.24, 2.45) is 0 Å². The monoisotopic (exact) mass is 782 g/mol. The molecule has 0 amide bonds. The zero-order valence-corrected chi connectivity index (χ0v) is 38.0. The molecule has 0 heterocycles. The molecule has 60 heavy (non-hydrogen) atoms. The molecule has 0 heteroatoms. The quantitative estimate of drug-likeness (QED) is 0.163. The molecule has 8 rings (SSSR count). The van der Waals surface area contributed by atoms with Crippen LogP contribution in [0.4, 0.5) is 0 Å². The van der Waals surface area contributed by atoms with Crippen molar-refractivity contribution in [3.8, 4) is 55.6 Å². The zero-order chi connectivity index (χ0) is 42.8. The summed E-state index contributed by atoms with van der Waals surface area (Å²) in [5.41, 5.74) is 18.0. The predicted molar refractivity (Wildman–Crippen MR) is 263 cm³/mol. The van der Waals surface area contributed by atoms with E-state index in [9.17, 15) is 0 Å². The van der Waals surface area contributed by atoms with Gasteiger partial charge in [-0.05, 0) is 145 Å². The van der Waals surface area contributed by atoms with Gasteiger partial charge in [-0.15, -0.1) is 0 Å². The van der Waals surface area contributed by atoms with Crippen LogP contribution in [0.3, 0.4) is 0 Å². The van der Waals surface area contributed by atoms with Crippen molar-refractivity contribution in [1.82, 2.24) is 0 Å². The minimum Gasteiger partial charge on any atom is -0.0610 e. The lowest BCUT2D eigenvalue weighted by atomic mass is 9.83. The highest BCUT2D eigenvalue weighted by molar-refractivity contribution is 6.10. The van der Waals surface area contributed by atoms with Gasteiger partial charge in [-0.3, -0.25) is 0 Å². The van der Waals surface area contributed by atoms with E-state index in [1.165, 1.54) is 99.4 Å². The lowest BCUT2D eigenvalue weighted by Crippen LogP contribution is -2.10. The Kier molecular flexibility index (Phi) is 10.3. The molecule has 0 unspecified atom stereocenters. The summed E-state index contributed by atoms with van der Waals surface area (Å²) in [7, 11) is 0. The third-order valence-corrected chi connectivity index (χ3v) is 12.6. The van der Waals surface area contributed by atoms with Crippen LogP contribution in [0.2, 0.25) is 0 Å². The third kappa shape index (κ3) is 8.10. The Morgan fingerprint density at radius 2 is 0.467 bits per heavy atom. The van der Waals surface area contributed by atoms with E-state index in [0.29, 0.717) is 0 Å². The number of benzene rings is 8. The minimum absolute atomic E-state index is 0.0756. The van der Waals surface area contributed by atoms with Crippen molar-refractivity contribution in [3.63, 3.8) is 0 Å². The van der Waals surface area contributed by atoms with Crippen molar-refractivity contribution in [2.75, 3.05) is 0 Å². The van der Waals surface area contributed by atoms with E-state index in [0.717, 1.165) is 0 Å². The SMILES string of the molecule is CC(C)(C)c1ccc(-c2cc(-c3cc(-c4ccc(C(C)(C)C)cc4)c4cccc(-c5ccc(C(C)(C)C)cc5)c4c3)cc3c(-c4ccc(C(C)(C)C)cc4)cccc23)cc1. The van der Waals surface area contributed by atoms with E-state index in [2.05, 4.69) is 241 Å². The van der Waals surface area contributed by atoms with Crippen molar-refractivity contribution in [3.05, 3.63) is 180 Å². The standard InChI is InChI=1S/C60H62/c1-57(2,3)45-27-19-39(20-28-45)49-15-13-17-51-53(41-23-31-47(32-24-41)59(7,8)9)35-43(37-55(49)51)44-36-54(42-25-33-48(34-26-42)60(10,11)12)52-18-14-16-50(56(52)38-44)40-21-29-46(30-22-40)58(4,5)6/h13-38H,1-12H3. The van der Waals surface area contributed by atoms with Gasteiger partial charge in [0.05, 0.1) is 0 Å². The van der Waals surface area contributed by atoms with E-state index < -0.39 is 0 Å². The molecule has 0 atom stereocenters. The lowest BCUT2D eigenvalue weighted by Gasteiger charge is -2.21. The van der Waals surface area contributed by atoms with Crippen LogP contribution >= 0.6 is 0 Å². The maximum atomic E-state index is 2.45. The van der Waals surface area contributed by atoms with Gasteiger partial charge in [-0.2, -0.15) is 0 Å². The van der Waals surface area contributed by atoms with Gasteiger partial charge in [0.15, 0.2) is 0 Å². The van der Waals surface area contributed by atoms with E-state index in [1.54, 1.807) is 0 Å². The molecule has 0 N–H and O–H groups in total. The molecule has 0 nitrogen and oxygen atoms in total. The van der Waals surface area contributed by atoms with Crippen molar-refractivity contribution >= 4 is 21.5 Å². The molecule has 0 aliphatic heterocycles. The molecule has 0 saturated carbocycles. The highest BCUT2D eigenvalue weighted by Gasteiger charge is 2.20. The van der Waals surface area contributed by atoms with Crippen LogP contribution in [-0.2, 0) is 21.7 Å². The van der Waals surface area contributed by atoms with Gasteiger partial charge < -0.3 is 0 Å². The molecular weight excluding hydrogens is 721 g/mol. The lowest BCUT2D eigenvalue weighted by molar-refractivity contribution is 0.590. The van der Waals surface area contributed by atoms with Crippen molar-refractivity contribution in [1.29, 1.82) is 0 Å². The van der Waals surface area contributed by atoms with E-state index >= 15 is 0 Å². The van der Waals surface area contributed by atoms with Crippen LogP contribution < -0.4 is 0 Å². The van der Waals surface area contributed by atoms with E-state index in [1.807, 2.05) is 0 Å². The summed E-state index contributed by atoms with van der Waals surface area (Å²) in [6.45, 7) is 27.4. The second-order valence-electron chi connectivity index (χ2n) is 21.2. The first-order valence-corrected chi connectivity index (χ1v) is 21.8. The Balaban J connectivity index is 1.41. The highest BCUT2D eigenvalue weighted by Crippen LogP contribution is 2.44. The van der Waals surface area contributed by atoms with Crippen LogP contribution in [0.1, 0.15) is 105 Å². The first-order valence-electron chi connectivity index (χ1n) is 21.8. The van der Waals surface area contributed by atoms with Gasteiger partial charge in [-0.25, -0.2) is 0 Å². The number of rotatable bonds is 5. The summed E-state index contributed by atoms with van der Waals surface area (Å²) >= 11 is 0. The Labute approximate surface area is 360 Å². The van der Waals surface area contributed by atoms with Gasteiger partial charge in [0.2, 0.25) is 0 Å². The van der Waals surface area contributed by atoms with Crippen LogP contribution in [0.15, 0.2) is 158 Å². The van der Waals surface area contributed by atoms with Crippen LogP contribution in [0.5, 0.6) is 0 Å². The highest BCUT2D eigenvalue weighted by atomic mass is 14.2. The Morgan fingerprint density at radius 3 is 0.717 bits per heavy atom. The van der Waals surface area contributed by atoms with Crippen molar-refractivity contribution in [2.45, 2.75) is 105 Å². The van der Waals surface area contributed by atoms with E-state index in [4.69, 9.17) is 0 Å².